The number of hydrogen-bond acceptors (Lipinski definition) is 7. The number of nitrogens with one attached hydrogen (secondary N) is 1. The molecule has 0 unspecified atom stereocenters. The first-order valence-corrected chi connectivity index (χ1v) is 11.9. The molecule has 1 saturated heterocycles. The lowest BCUT2D eigenvalue weighted by atomic mass is 10.1. The van der Waals surface area contributed by atoms with Crippen LogP contribution in [0, 0.1) is 0 Å². The maximum absolute atomic E-state index is 11.6. The lowest BCUT2D eigenvalue weighted by molar-refractivity contribution is -0.129. The van der Waals surface area contributed by atoms with E-state index in [2.05, 4.69) is 32.3 Å². The van der Waals surface area contributed by atoms with Crippen molar-refractivity contribution in [2.45, 2.75) is 46.7 Å². The van der Waals surface area contributed by atoms with Gasteiger partial charge < -0.3 is 20.9 Å². The molecule has 2 aliphatic rings. The largest absolute Gasteiger partial charge is 0.364 e. The van der Waals surface area contributed by atoms with Gasteiger partial charge in [0.25, 0.3) is 5.91 Å². The summed E-state index contributed by atoms with van der Waals surface area (Å²) in [4.78, 5) is 35.3. The number of pyridine rings is 1. The Hall–Kier alpha value is -3.46. The molecule has 3 N–H and O–H groups in total. The van der Waals surface area contributed by atoms with Crippen molar-refractivity contribution in [3.8, 4) is 0 Å². The predicted molar refractivity (Wildman–Crippen MR) is 137 cm³/mol. The Balaban J connectivity index is 0.000000212. The molecule has 0 atom stereocenters. The highest BCUT2D eigenvalue weighted by atomic mass is 32.1. The molecule has 0 radical (unpaired) electrons. The number of rotatable bonds is 4. The number of hydrogen-bond donors (Lipinski definition) is 2. The fourth-order valence-electron chi connectivity index (χ4n) is 3.89. The summed E-state index contributed by atoms with van der Waals surface area (Å²) >= 11 is 1.45. The molecule has 5 rings (SSSR count). The standard InChI is InChI=1S/C14H17N5OS.C10H11NO.CH4/c15-12(20)11-13(17-10-6-2-3-7-16-10)21-14(18-11)19-8-4-1-5-9-19;1-8(12)11-6-9-4-2-3-5-10(9)7-11;/h2-3,6-7H,1,4-5,8-9H2,(H2,15,20)(H,16,17);2-5H,6-7H2,1H3;1H4. The summed E-state index contributed by atoms with van der Waals surface area (Å²) in [6.45, 7) is 5.15. The Morgan fingerprint density at radius 1 is 1.00 bits per heavy atom. The van der Waals surface area contributed by atoms with Crippen molar-refractivity contribution < 1.29 is 9.59 Å². The summed E-state index contributed by atoms with van der Waals surface area (Å²) in [5, 5.41) is 4.63. The van der Waals surface area contributed by atoms with Crippen LogP contribution in [0.25, 0.3) is 0 Å². The van der Waals surface area contributed by atoms with E-state index in [1.54, 1.807) is 13.1 Å². The number of nitrogens with zero attached hydrogens (tertiary/aromatic N) is 4. The van der Waals surface area contributed by atoms with Gasteiger partial charge in [0, 0.05) is 39.3 Å². The molecule has 0 bridgehead atoms. The number of benzene rings is 1. The number of piperidine rings is 1. The Morgan fingerprint density at radius 2 is 1.65 bits per heavy atom. The number of thiazole rings is 1. The summed E-state index contributed by atoms with van der Waals surface area (Å²) in [5.41, 5.74) is 8.29. The van der Waals surface area contributed by atoms with Gasteiger partial charge in [-0.3, -0.25) is 9.59 Å². The van der Waals surface area contributed by atoms with Crippen LogP contribution in [0.15, 0.2) is 48.7 Å². The van der Waals surface area contributed by atoms with Crippen molar-refractivity contribution in [2.24, 2.45) is 5.73 Å². The van der Waals surface area contributed by atoms with E-state index in [4.69, 9.17) is 5.73 Å². The molecule has 0 spiro atoms. The summed E-state index contributed by atoms with van der Waals surface area (Å²) in [6, 6.07) is 13.8. The van der Waals surface area contributed by atoms with Gasteiger partial charge in [0.15, 0.2) is 10.8 Å². The zero-order valence-corrected chi connectivity index (χ0v) is 19.5. The van der Waals surface area contributed by atoms with Crippen LogP contribution in [0.3, 0.4) is 0 Å². The fourth-order valence-corrected chi connectivity index (χ4v) is 4.92. The SMILES string of the molecule is C.CC(=O)N1Cc2ccccc2C1.NC(=O)c1nc(N2CCCCC2)sc1Nc1ccccn1. The highest BCUT2D eigenvalue weighted by Crippen LogP contribution is 2.34. The van der Waals surface area contributed by atoms with E-state index >= 15 is 0 Å². The second-order valence-electron chi connectivity index (χ2n) is 8.07. The van der Waals surface area contributed by atoms with E-state index in [0.29, 0.717) is 10.8 Å². The molecule has 9 heteroatoms. The van der Waals surface area contributed by atoms with Crippen LogP contribution in [0.2, 0.25) is 0 Å². The smallest absolute Gasteiger partial charge is 0.270 e. The van der Waals surface area contributed by atoms with Gasteiger partial charge in [-0.1, -0.05) is 49.1 Å². The Morgan fingerprint density at radius 3 is 2.21 bits per heavy atom. The minimum absolute atomic E-state index is 0. The average molecular weight is 481 g/mol. The van der Waals surface area contributed by atoms with E-state index in [1.165, 1.54) is 28.9 Å². The van der Waals surface area contributed by atoms with Gasteiger partial charge in [0.2, 0.25) is 5.91 Å². The zero-order valence-electron chi connectivity index (χ0n) is 18.7. The first-order valence-electron chi connectivity index (χ1n) is 11.1. The van der Waals surface area contributed by atoms with Gasteiger partial charge in [-0.25, -0.2) is 9.97 Å². The van der Waals surface area contributed by atoms with Crippen LogP contribution in [0.1, 0.15) is 55.2 Å². The van der Waals surface area contributed by atoms with Crippen LogP contribution in [-0.2, 0) is 17.9 Å². The Labute approximate surface area is 204 Å². The van der Waals surface area contributed by atoms with Crippen LogP contribution in [0.4, 0.5) is 16.0 Å². The van der Waals surface area contributed by atoms with Crippen molar-refractivity contribution in [3.05, 3.63) is 65.5 Å². The second kappa shape index (κ2) is 11.6. The molecule has 1 fully saturated rings. The minimum Gasteiger partial charge on any atom is -0.364 e. The van der Waals surface area contributed by atoms with Crippen LogP contribution < -0.4 is 16.0 Å². The Kier molecular flexibility index (Phi) is 8.59. The van der Waals surface area contributed by atoms with E-state index in [0.717, 1.165) is 44.2 Å². The molecular weight excluding hydrogens is 448 g/mol. The number of primary amides is 1. The van der Waals surface area contributed by atoms with E-state index < -0.39 is 5.91 Å². The number of fused-ring (bicyclic) bond motifs is 1. The summed E-state index contributed by atoms with van der Waals surface area (Å²) in [7, 11) is 0. The van der Waals surface area contributed by atoms with Crippen molar-refractivity contribution in [1.29, 1.82) is 0 Å². The quantitative estimate of drug-likeness (QED) is 0.567. The number of carbonyl (C=O) groups excluding carboxylic acids is 2. The molecule has 8 nitrogen and oxygen atoms in total. The maximum Gasteiger partial charge on any atom is 0.270 e. The third kappa shape index (κ3) is 6.11. The van der Waals surface area contributed by atoms with Gasteiger partial charge in [0.05, 0.1) is 0 Å². The molecule has 4 heterocycles. The molecule has 2 aromatic heterocycles. The number of nitrogens with two attached hydrogens (primary N) is 1. The van der Waals surface area contributed by atoms with Crippen LogP contribution >= 0.6 is 11.3 Å². The van der Waals surface area contributed by atoms with Crippen LogP contribution in [0.5, 0.6) is 0 Å². The third-order valence-electron chi connectivity index (χ3n) is 5.67. The van der Waals surface area contributed by atoms with Crippen molar-refractivity contribution in [3.63, 3.8) is 0 Å². The van der Waals surface area contributed by atoms with Crippen molar-refractivity contribution in [2.75, 3.05) is 23.3 Å². The molecule has 0 aliphatic carbocycles. The predicted octanol–water partition coefficient (Wildman–Crippen LogP) is 4.56. The molecule has 0 saturated carbocycles. The third-order valence-corrected chi connectivity index (χ3v) is 6.70. The molecule has 180 valence electrons. The van der Waals surface area contributed by atoms with Gasteiger partial charge in [0.1, 0.15) is 10.8 Å². The number of anilines is 3. The van der Waals surface area contributed by atoms with Gasteiger partial charge in [-0.2, -0.15) is 0 Å². The zero-order chi connectivity index (χ0) is 23.2. The summed E-state index contributed by atoms with van der Waals surface area (Å²) in [6.07, 6.45) is 5.27. The molecule has 3 aromatic rings. The van der Waals surface area contributed by atoms with E-state index in [1.807, 2.05) is 35.2 Å². The topological polar surface area (TPSA) is 104 Å². The molecule has 34 heavy (non-hydrogen) atoms. The first-order chi connectivity index (χ1) is 16.0. The van der Waals surface area contributed by atoms with E-state index in [-0.39, 0.29) is 19.0 Å². The monoisotopic (exact) mass is 480 g/mol. The first kappa shape index (κ1) is 25.2. The number of aromatic nitrogens is 2. The Bertz CT molecular complexity index is 1090. The average Bonchev–Trinajstić information content (AvgIpc) is 3.46. The van der Waals surface area contributed by atoms with E-state index in [9.17, 15) is 9.59 Å². The molecular formula is C25H32N6O2S. The van der Waals surface area contributed by atoms with Crippen molar-refractivity contribution in [1.82, 2.24) is 14.9 Å². The normalized spacial score (nSPS) is 14.4. The summed E-state index contributed by atoms with van der Waals surface area (Å²) < 4.78 is 0. The highest BCUT2D eigenvalue weighted by molar-refractivity contribution is 7.20. The molecule has 2 aliphatic heterocycles. The maximum atomic E-state index is 11.6. The lowest BCUT2D eigenvalue weighted by Crippen LogP contribution is -2.29. The summed E-state index contributed by atoms with van der Waals surface area (Å²) in [5.74, 6) is 0.313. The number of amides is 2. The number of carbonyl (C=O) groups is 2. The van der Waals surface area contributed by atoms with Crippen molar-refractivity contribution >= 4 is 39.1 Å². The highest BCUT2D eigenvalue weighted by Gasteiger charge is 2.21. The minimum atomic E-state index is -0.520. The lowest BCUT2D eigenvalue weighted by Gasteiger charge is -2.25. The van der Waals surface area contributed by atoms with Gasteiger partial charge in [-0.05, 0) is 42.5 Å². The van der Waals surface area contributed by atoms with Crippen LogP contribution in [-0.4, -0.2) is 39.8 Å². The van der Waals surface area contributed by atoms with Gasteiger partial charge in [-0.15, -0.1) is 0 Å². The molecule has 2 amide bonds. The molecule has 1 aromatic carbocycles. The fraction of sp³-hybridized carbons (Fsp3) is 0.360. The van der Waals surface area contributed by atoms with Gasteiger partial charge >= 0.3 is 0 Å². The second-order valence-corrected chi connectivity index (χ2v) is 9.05.